The van der Waals surface area contributed by atoms with Gasteiger partial charge in [-0.3, -0.25) is 9.59 Å². The van der Waals surface area contributed by atoms with Gasteiger partial charge in [-0.15, -0.1) is 11.3 Å². The van der Waals surface area contributed by atoms with E-state index in [1.165, 1.54) is 22.7 Å². The van der Waals surface area contributed by atoms with Gasteiger partial charge in [-0.25, -0.2) is 13.2 Å². The number of thiazole rings is 1. The molecule has 0 unspecified atom stereocenters. The Morgan fingerprint density at radius 1 is 1.11 bits per heavy atom. The van der Waals surface area contributed by atoms with Crippen LogP contribution in [0.15, 0.2) is 23.2 Å². The van der Waals surface area contributed by atoms with Crippen molar-refractivity contribution < 1.29 is 27.5 Å². The first-order valence-electron chi connectivity index (χ1n) is 12.3. The molecule has 2 heterocycles. The Morgan fingerprint density at radius 2 is 1.87 bits per heavy atom. The molecule has 2 amide bonds. The molecule has 0 spiro atoms. The van der Waals surface area contributed by atoms with E-state index in [2.05, 4.69) is 10.3 Å². The van der Waals surface area contributed by atoms with Gasteiger partial charge in [-0.1, -0.05) is 29.4 Å². The largest absolute Gasteiger partial charge is 0.462 e. The van der Waals surface area contributed by atoms with Crippen LogP contribution in [0.3, 0.4) is 0 Å². The quantitative estimate of drug-likeness (QED) is 0.304. The first kappa shape index (κ1) is 28.5. The molecule has 0 saturated carbocycles. The van der Waals surface area contributed by atoms with Crippen LogP contribution in [0.4, 0.5) is 5.00 Å². The fraction of sp³-hybridized carbons (Fsp3) is 0.440. The molecule has 0 radical (unpaired) electrons. The Hall–Kier alpha value is -2.54. The maximum absolute atomic E-state index is 12.7. The summed E-state index contributed by atoms with van der Waals surface area (Å²) in [6.45, 7) is 4.30. The van der Waals surface area contributed by atoms with E-state index in [-0.39, 0.29) is 6.61 Å². The number of thiophene rings is 1. The first-order valence-corrected chi connectivity index (χ1v) is 16.1. The maximum atomic E-state index is 12.7. The second kappa shape index (κ2) is 12.1. The van der Waals surface area contributed by atoms with Crippen molar-refractivity contribution in [2.75, 3.05) is 23.4 Å². The van der Waals surface area contributed by atoms with Gasteiger partial charge < -0.3 is 14.6 Å². The number of rotatable bonds is 8. The van der Waals surface area contributed by atoms with E-state index in [0.717, 1.165) is 46.3 Å². The average Bonchev–Trinajstić information content (AvgIpc) is 3.24. The van der Waals surface area contributed by atoms with Gasteiger partial charge in [0, 0.05) is 16.4 Å². The SMILES string of the molecule is CCOC(=O)c1c(NC(=O)CS(=O)(=O)CC(=O)N=c2sc3cc(Cl)ccc3n2CC)sc2c1CCCCC2. The van der Waals surface area contributed by atoms with Crippen LogP contribution >= 0.6 is 34.3 Å². The van der Waals surface area contributed by atoms with Crippen LogP contribution < -0.4 is 10.1 Å². The molecule has 1 aliphatic carbocycles. The smallest absolute Gasteiger partial charge is 0.341 e. The molecule has 3 aromatic rings. The highest BCUT2D eigenvalue weighted by molar-refractivity contribution is 7.92. The molecule has 204 valence electrons. The maximum Gasteiger partial charge on any atom is 0.341 e. The second-order valence-electron chi connectivity index (χ2n) is 8.82. The van der Waals surface area contributed by atoms with E-state index < -0.39 is 39.1 Å². The highest BCUT2D eigenvalue weighted by Crippen LogP contribution is 2.38. The third kappa shape index (κ3) is 6.53. The zero-order chi connectivity index (χ0) is 27.4. The average molecular weight is 598 g/mol. The van der Waals surface area contributed by atoms with Crippen LogP contribution in [-0.2, 0) is 43.5 Å². The van der Waals surface area contributed by atoms with Crippen molar-refractivity contribution in [1.82, 2.24) is 4.57 Å². The normalized spacial score (nSPS) is 14.2. The zero-order valence-electron chi connectivity index (χ0n) is 21.0. The number of nitrogens with zero attached hydrogens (tertiary/aromatic N) is 2. The van der Waals surface area contributed by atoms with Crippen LogP contribution in [0.5, 0.6) is 0 Å². The number of carbonyl (C=O) groups is 3. The van der Waals surface area contributed by atoms with Gasteiger partial charge in [0.2, 0.25) is 5.91 Å². The van der Waals surface area contributed by atoms with Gasteiger partial charge in [0.1, 0.15) is 16.5 Å². The summed E-state index contributed by atoms with van der Waals surface area (Å²) >= 11 is 8.57. The van der Waals surface area contributed by atoms with Crippen molar-refractivity contribution in [2.24, 2.45) is 4.99 Å². The number of benzene rings is 1. The number of carbonyl (C=O) groups excluding carboxylic acids is 3. The molecule has 13 heteroatoms. The van der Waals surface area contributed by atoms with E-state index in [9.17, 15) is 22.8 Å². The van der Waals surface area contributed by atoms with E-state index in [0.29, 0.717) is 33.4 Å². The number of aryl methyl sites for hydroxylation is 2. The predicted octanol–water partition coefficient (Wildman–Crippen LogP) is 4.36. The fourth-order valence-corrected chi connectivity index (χ4v) is 8.12. The van der Waals surface area contributed by atoms with Crippen LogP contribution in [0.1, 0.15) is 53.9 Å². The highest BCUT2D eigenvalue weighted by atomic mass is 35.5. The summed E-state index contributed by atoms with van der Waals surface area (Å²) in [6.07, 6.45) is 4.45. The minimum Gasteiger partial charge on any atom is -0.462 e. The zero-order valence-corrected chi connectivity index (χ0v) is 24.2. The summed E-state index contributed by atoms with van der Waals surface area (Å²) in [5.41, 5.74) is 2.01. The molecule has 0 atom stereocenters. The minimum atomic E-state index is -4.12. The van der Waals surface area contributed by atoms with E-state index in [1.54, 1.807) is 23.6 Å². The highest BCUT2D eigenvalue weighted by Gasteiger charge is 2.28. The van der Waals surface area contributed by atoms with E-state index in [1.807, 2.05) is 13.0 Å². The summed E-state index contributed by atoms with van der Waals surface area (Å²) in [5, 5.41) is 3.43. The second-order valence-corrected chi connectivity index (χ2v) is 13.4. The van der Waals surface area contributed by atoms with Crippen molar-refractivity contribution >= 4 is 77.1 Å². The van der Waals surface area contributed by atoms with Gasteiger partial charge in [0.05, 0.1) is 22.4 Å². The monoisotopic (exact) mass is 597 g/mol. The number of amides is 2. The predicted molar refractivity (Wildman–Crippen MR) is 150 cm³/mol. The first-order chi connectivity index (χ1) is 18.1. The molecule has 9 nitrogen and oxygen atoms in total. The Bertz CT molecular complexity index is 1570. The molecule has 0 aliphatic heterocycles. The Balaban J connectivity index is 1.50. The number of hydrogen-bond acceptors (Lipinski definition) is 8. The summed E-state index contributed by atoms with van der Waals surface area (Å²) in [5.74, 6) is -4.04. The van der Waals surface area contributed by atoms with Crippen molar-refractivity contribution in [1.29, 1.82) is 0 Å². The summed E-state index contributed by atoms with van der Waals surface area (Å²) in [4.78, 5) is 43.4. The van der Waals surface area contributed by atoms with Crippen LogP contribution in [0.25, 0.3) is 10.2 Å². The van der Waals surface area contributed by atoms with E-state index >= 15 is 0 Å². The topological polar surface area (TPSA) is 124 Å². The van der Waals surface area contributed by atoms with Crippen molar-refractivity contribution in [3.63, 3.8) is 0 Å². The van der Waals surface area contributed by atoms with Crippen molar-refractivity contribution in [3.05, 3.63) is 44.0 Å². The summed E-state index contributed by atoms with van der Waals surface area (Å²) in [6, 6.07) is 5.31. The lowest BCUT2D eigenvalue weighted by molar-refractivity contribution is -0.115. The molecule has 2 aromatic heterocycles. The molecule has 38 heavy (non-hydrogen) atoms. The molecule has 0 bridgehead atoms. The van der Waals surface area contributed by atoms with Crippen molar-refractivity contribution in [3.8, 4) is 0 Å². The molecule has 4 rings (SSSR count). The Labute approximate surface area is 233 Å². The number of fused-ring (bicyclic) bond motifs is 2. The molecule has 0 fully saturated rings. The minimum absolute atomic E-state index is 0.182. The number of esters is 1. The summed E-state index contributed by atoms with van der Waals surface area (Å²) < 4.78 is 33.2. The van der Waals surface area contributed by atoms with Crippen LogP contribution in [0.2, 0.25) is 5.02 Å². The van der Waals surface area contributed by atoms with Gasteiger partial charge in [0.15, 0.2) is 14.6 Å². The number of sulfone groups is 1. The third-order valence-electron chi connectivity index (χ3n) is 6.03. The third-order valence-corrected chi connectivity index (χ3v) is 9.90. The lowest BCUT2D eigenvalue weighted by atomic mass is 10.1. The number of anilines is 1. The van der Waals surface area contributed by atoms with E-state index in [4.69, 9.17) is 16.3 Å². The number of aromatic nitrogens is 1. The molecular weight excluding hydrogens is 570 g/mol. The van der Waals surface area contributed by atoms with Gasteiger partial charge in [-0.2, -0.15) is 4.99 Å². The summed E-state index contributed by atoms with van der Waals surface area (Å²) in [7, 11) is -4.12. The Morgan fingerprint density at radius 3 is 2.61 bits per heavy atom. The van der Waals surface area contributed by atoms with Gasteiger partial charge >= 0.3 is 5.97 Å². The molecular formula is C25H28ClN3O6S3. The van der Waals surface area contributed by atoms with Crippen LogP contribution in [0, 0.1) is 0 Å². The number of halogens is 1. The number of hydrogen-bond donors (Lipinski definition) is 1. The van der Waals surface area contributed by atoms with Gasteiger partial charge in [-0.05, 0) is 63.3 Å². The number of nitrogens with one attached hydrogen (secondary N) is 1. The molecule has 0 saturated heterocycles. The number of ether oxygens (including phenoxy) is 1. The lowest BCUT2D eigenvalue weighted by Crippen LogP contribution is -2.28. The van der Waals surface area contributed by atoms with Crippen LogP contribution in [-0.4, -0.2) is 48.9 Å². The molecule has 1 aliphatic rings. The fourth-order valence-electron chi connectivity index (χ4n) is 4.43. The molecule has 1 aromatic carbocycles. The Kier molecular flexibility index (Phi) is 9.07. The van der Waals surface area contributed by atoms with Crippen molar-refractivity contribution in [2.45, 2.75) is 52.5 Å². The molecule has 1 N–H and O–H groups in total. The standard InChI is InChI=1S/C25H28ClN3O6S3/c1-3-29-17-11-10-15(26)12-19(17)37-25(29)28-21(31)14-38(33,34)13-20(30)27-23-22(24(32)35-4-2)16-8-6-5-7-9-18(16)36-23/h10-12H,3-9,13-14H2,1-2H3,(H,27,30). The van der Waals surface area contributed by atoms with Gasteiger partial charge in [0.25, 0.3) is 5.91 Å². The lowest BCUT2D eigenvalue weighted by Gasteiger charge is -2.08.